The number of carbonyl (C=O) groups excluding carboxylic acids is 1. The molecule has 0 saturated carbocycles. The van der Waals surface area contributed by atoms with Crippen molar-refractivity contribution in [3.05, 3.63) is 11.9 Å². The molecule has 1 aliphatic rings. The molecule has 0 aromatic carbocycles. The molecule has 2 heterocycles. The van der Waals surface area contributed by atoms with E-state index in [1.165, 1.54) is 0 Å². The second-order valence-corrected chi connectivity index (χ2v) is 4.83. The minimum atomic E-state index is -0.0522. The van der Waals surface area contributed by atoms with Crippen LogP contribution in [-0.2, 0) is 23.0 Å². The van der Waals surface area contributed by atoms with E-state index in [4.69, 9.17) is 4.74 Å². The zero-order chi connectivity index (χ0) is 13.1. The Morgan fingerprint density at radius 2 is 2.44 bits per heavy atom. The largest absolute Gasteiger partial charge is 0.378 e. The third-order valence-electron chi connectivity index (χ3n) is 3.44. The molecule has 1 aliphatic heterocycles. The van der Waals surface area contributed by atoms with Gasteiger partial charge in [-0.3, -0.25) is 9.48 Å². The van der Waals surface area contributed by atoms with Gasteiger partial charge in [0.2, 0.25) is 5.91 Å². The lowest BCUT2D eigenvalue weighted by Crippen LogP contribution is -2.36. The number of nitrogens with zero attached hydrogens (tertiary/aromatic N) is 2. The van der Waals surface area contributed by atoms with Crippen molar-refractivity contribution in [1.29, 1.82) is 0 Å². The molecule has 1 saturated heterocycles. The Bertz CT molecular complexity index is 428. The molecule has 1 amide bonds. The molecule has 0 unspecified atom stereocenters. The molecule has 1 aromatic rings. The first kappa shape index (κ1) is 13.1. The molecule has 18 heavy (non-hydrogen) atoms. The first-order valence-corrected chi connectivity index (χ1v) is 6.56. The summed E-state index contributed by atoms with van der Waals surface area (Å²) in [7, 11) is 1.86. The second kappa shape index (κ2) is 5.52. The maximum atomic E-state index is 12.2. The maximum absolute atomic E-state index is 12.2. The third-order valence-corrected chi connectivity index (χ3v) is 3.44. The van der Waals surface area contributed by atoms with Gasteiger partial charge in [0.05, 0.1) is 23.4 Å². The minimum Gasteiger partial charge on any atom is -0.378 e. The summed E-state index contributed by atoms with van der Waals surface area (Å²) >= 11 is 0. The van der Waals surface area contributed by atoms with E-state index in [-0.39, 0.29) is 17.9 Å². The van der Waals surface area contributed by atoms with Crippen molar-refractivity contribution in [2.45, 2.75) is 39.2 Å². The van der Waals surface area contributed by atoms with Gasteiger partial charge in [0.1, 0.15) is 0 Å². The number of aromatic nitrogens is 2. The lowest BCUT2D eigenvalue weighted by Gasteiger charge is -2.27. The van der Waals surface area contributed by atoms with E-state index in [1.54, 1.807) is 4.68 Å². The lowest BCUT2D eigenvalue weighted by molar-refractivity contribution is -0.127. The van der Waals surface area contributed by atoms with Crippen molar-refractivity contribution in [2.24, 2.45) is 13.0 Å². The number of amides is 1. The van der Waals surface area contributed by atoms with E-state index in [0.29, 0.717) is 0 Å². The van der Waals surface area contributed by atoms with Crippen molar-refractivity contribution in [3.8, 4) is 0 Å². The molecule has 5 nitrogen and oxygen atoms in total. The molecule has 1 aromatic heterocycles. The average molecular weight is 251 g/mol. The number of hydrogen-bond acceptors (Lipinski definition) is 3. The quantitative estimate of drug-likeness (QED) is 0.890. The van der Waals surface area contributed by atoms with E-state index in [1.807, 2.05) is 27.1 Å². The normalized spacial score (nSPS) is 23.9. The smallest absolute Gasteiger partial charge is 0.230 e. The molecule has 1 N–H and O–H groups in total. The van der Waals surface area contributed by atoms with E-state index >= 15 is 0 Å². The van der Waals surface area contributed by atoms with Gasteiger partial charge in [-0.2, -0.15) is 5.10 Å². The number of nitrogens with one attached hydrogen (secondary N) is 1. The van der Waals surface area contributed by atoms with Crippen LogP contribution < -0.4 is 5.32 Å². The van der Waals surface area contributed by atoms with Gasteiger partial charge in [-0.05, 0) is 26.2 Å². The fourth-order valence-corrected chi connectivity index (χ4v) is 2.39. The highest BCUT2D eigenvalue weighted by Gasteiger charge is 2.29. The van der Waals surface area contributed by atoms with E-state index in [9.17, 15) is 4.79 Å². The molecule has 0 radical (unpaired) electrons. The molecule has 5 heteroatoms. The van der Waals surface area contributed by atoms with Gasteiger partial charge in [0.15, 0.2) is 0 Å². The van der Waals surface area contributed by atoms with Crippen LogP contribution in [0.2, 0.25) is 0 Å². The van der Waals surface area contributed by atoms with Gasteiger partial charge in [0, 0.05) is 19.9 Å². The first-order chi connectivity index (χ1) is 8.61. The SMILES string of the molecule is CCc1nn(C)cc1NC(=O)[C@H]1CCCO[C@@H]1C. The molecule has 0 aliphatic carbocycles. The van der Waals surface area contributed by atoms with Gasteiger partial charge < -0.3 is 10.1 Å². The fourth-order valence-electron chi connectivity index (χ4n) is 2.39. The zero-order valence-corrected chi connectivity index (χ0v) is 11.3. The average Bonchev–Trinajstić information content (AvgIpc) is 2.70. The highest BCUT2D eigenvalue weighted by molar-refractivity contribution is 5.93. The van der Waals surface area contributed by atoms with Crippen LogP contribution in [-0.4, -0.2) is 28.4 Å². The van der Waals surface area contributed by atoms with Crippen LogP contribution in [0.1, 0.15) is 32.4 Å². The maximum Gasteiger partial charge on any atom is 0.230 e. The van der Waals surface area contributed by atoms with Crippen molar-refractivity contribution >= 4 is 11.6 Å². The Hall–Kier alpha value is -1.36. The number of carbonyl (C=O) groups is 1. The first-order valence-electron chi connectivity index (χ1n) is 6.56. The Labute approximate surface area is 108 Å². The number of anilines is 1. The Morgan fingerprint density at radius 1 is 1.67 bits per heavy atom. The molecule has 2 atom stereocenters. The Balaban J connectivity index is 2.05. The van der Waals surface area contributed by atoms with Crippen LogP contribution in [0.15, 0.2) is 6.20 Å². The Kier molecular flexibility index (Phi) is 4.01. The fraction of sp³-hybridized carbons (Fsp3) is 0.692. The van der Waals surface area contributed by atoms with Crippen molar-refractivity contribution in [2.75, 3.05) is 11.9 Å². The number of ether oxygens (including phenoxy) is 1. The van der Waals surface area contributed by atoms with E-state index in [2.05, 4.69) is 10.4 Å². The van der Waals surface area contributed by atoms with Crippen molar-refractivity contribution in [1.82, 2.24) is 9.78 Å². The second-order valence-electron chi connectivity index (χ2n) is 4.83. The van der Waals surface area contributed by atoms with Crippen LogP contribution in [0, 0.1) is 5.92 Å². The minimum absolute atomic E-state index is 0.000461. The van der Waals surface area contributed by atoms with Crippen LogP contribution in [0.4, 0.5) is 5.69 Å². The summed E-state index contributed by atoms with van der Waals surface area (Å²) < 4.78 is 7.26. The van der Waals surface area contributed by atoms with Gasteiger partial charge >= 0.3 is 0 Å². The number of hydrogen-bond donors (Lipinski definition) is 1. The summed E-state index contributed by atoms with van der Waals surface area (Å²) in [6.45, 7) is 4.76. The standard InChI is InChI=1S/C13H21N3O2/c1-4-11-12(8-16(3)15-11)14-13(17)10-6-5-7-18-9(10)2/h8-10H,4-7H2,1-3H3,(H,14,17)/t9-,10+/m1/s1. The number of rotatable bonds is 3. The summed E-state index contributed by atoms with van der Waals surface area (Å²) in [5, 5.41) is 7.30. The zero-order valence-electron chi connectivity index (χ0n) is 11.3. The third kappa shape index (κ3) is 2.72. The highest BCUT2D eigenvalue weighted by atomic mass is 16.5. The van der Waals surface area contributed by atoms with Crippen molar-refractivity contribution < 1.29 is 9.53 Å². The van der Waals surface area contributed by atoms with Gasteiger partial charge in [-0.15, -0.1) is 0 Å². The lowest BCUT2D eigenvalue weighted by atomic mass is 9.94. The van der Waals surface area contributed by atoms with E-state index < -0.39 is 0 Å². The van der Waals surface area contributed by atoms with Crippen LogP contribution >= 0.6 is 0 Å². The summed E-state index contributed by atoms with van der Waals surface area (Å²) in [6, 6.07) is 0. The van der Waals surface area contributed by atoms with Gasteiger partial charge in [-0.25, -0.2) is 0 Å². The molecule has 0 bridgehead atoms. The summed E-state index contributed by atoms with van der Waals surface area (Å²) in [4.78, 5) is 12.2. The highest BCUT2D eigenvalue weighted by Crippen LogP contribution is 2.23. The monoisotopic (exact) mass is 251 g/mol. The Morgan fingerprint density at radius 3 is 3.11 bits per heavy atom. The molecule has 0 spiro atoms. The van der Waals surface area contributed by atoms with Crippen LogP contribution in [0.5, 0.6) is 0 Å². The molecule has 100 valence electrons. The van der Waals surface area contributed by atoms with E-state index in [0.717, 1.165) is 37.3 Å². The summed E-state index contributed by atoms with van der Waals surface area (Å²) in [5.41, 5.74) is 1.75. The van der Waals surface area contributed by atoms with Gasteiger partial charge in [-0.1, -0.05) is 6.92 Å². The topological polar surface area (TPSA) is 56.2 Å². The van der Waals surface area contributed by atoms with Crippen LogP contribution in [0.25, 0.3) is 0 Å². The molecular formula is C13H21N3O2. The summed E-state index contributed by atoms with van der Waals surface area (Å²) in [6.07, 6.45) is 4.52. The molecule has 1 fully saturated rings. The van der Waals surface area contributed by atoms with Crippen LogP contribution in [0.3, 0.4) is 0 Å². The molecule has 2 rings (SSSR count). The predicted molar refractivity (Wildman–Crippen MR) is 69.4 cm³/mol. The van der Waals surface area contributed by atoms with Crippen molar-refractivity contribution in [3.63, 3.8) is 0 Å². The molecular weight excluding hydrogens is 230 g/mol. The van der Waals surface area contributed by atoms with Gasteiger partial charge in [0.25, 0.3) is 0 Å². The number of aryl methyl sites for hydroxylation is 2. The summed E-state index contributed by atoms with van der Waals surface area (Å²) in [5.74, 6) is -0.00596. The predicted octanol–water partition coefficient (Wildman–Crippen LogP) is 1.74.